The second-order valence-corrected chi connectivity index (χ2v) is 29.4. The number of ether oxygens (including phenoxy) is 4. The maximum absolute atomic E-state index is 13.0. The minimum absolute atomic E-state index is 0.102. The van der Waals surface area contributed by atoms with Crippen LogP contribution < -0.4 is 0 Å². The summed E-state index contributed by atoms with van der Waals surface area (Å²) >= 11 is 0. The molecule has 3 unspecified atom stereocenters. The lowest BCUT2D eigenvalue weighted by Gasteiger charge is -2.21. The number of hydrogen-bond donors (Lipinski definition) is 3. The zero-order valence-electron chi connectivity index (χ0n) is 56.6. The third-order valence-electron chi connectivity index (χ3n) is 15.6. The van der Waals surface area contributed by atoms with Crippen LogP contribution in [0, 0.1) is 23.7 Å². The van der Waals surface area contributed by atoms with E-state index in [1.807, 2.05) is 0 Å². The maximum Gasteiger partial charge on any atom is 0.472 e. The zero-order valence-corrected chi connectivity index (χ0v) is 58.4. The lowest BCUT2D eigenvalue weighted by atomic mass is 10.0. The molecule has 3 N–H and O–H groups in total. The molecule has 0 aliphatic rings. The molecule has 87 heavy (non-hydrogen) atoms. The molecule has 0 heterocycles. The molecule has 0 aromatic heterocycles. The number of rotatable bonds is 65. The van der Waals surface area contributed by atoms with Crippen LogP contribution in [0.3, 0.4) is 0 Å². The average Bonchev–Trinajstić information content (AvgIpc) is 3.66. The molecule has 0 saturated heterocycles. The van der Waals surface area contributed by atoms with Gasteiger partial charge in [0.05, 0.1) is 26.4 Å². The monoisotopic (exact) mass is 1280 g/mol. The summed E-state index contributed by atoms with van der Waals surface area (Å²) in [5, 5.41) is 10.6. The molecule has 0 saturated carbocycles. The van der Waals surface area contributed by atoms with E-state index in [0.29, 0.717) is 31.6 Å². The number of esters is 4. The van der Waals surface area contributed by atoms with Crippen molar-refractivity contribution in [1.29, 1.82) is 0 Å². The molecule has 0 fully saturated rings. The number of carbonyl (C=O) groups is 4. The van der Waals surface area contributed by atoms with E-state index in [2.05, 4.69) is 55.4 Å². The van der Waals surface area contributed by atoms with Gasteiger partial charge in [0.2, 0.25) is 0 Å². The van der Waals surface area contributed by atoms with Crippen molar-refractivity contribution in [2.75, 3.05) is 39.6 Å². The normalized spacial score (nSPS) is 14.3. The van der Waals surface area contributed by atoms with Gasteiger partial charge in [0.25, 0.3) is 0 Å². The Labute approximate surface area is 530 Å². The van der Waals surface area contributed by atoms with Gasteiger partial charge in [0.15, 0.2) is 12.2 Å². The van der Waals surface area contributed by atoms with E-state index in [0.717, 1.165) is 108 Å². The van der Waals surface area contributed by atoms with Crippen LogP contribution in [0.15, 0.2) is 0 Å². The Morgan fingerprint density at radius 2 is 0.483 bits per heavy atom. The van der Waals surface area contributed by atoms with Gasteiger partial charge in [0, 0.05) is 25.7 Å². The van der Waals surface area contributed by atoms with Crippen molar-refractivity contribution < 1.29 is 80.2 Å². The quantitative estimate of drug-likeness (QED) is 0.0222. The van der Waals surface area contributed by atoms with Crippen LogP contribution in [-0.4, -0.2) is 96.7 Å². The fourth-order valence-electron chi connectivity index (χ4n) is 10.1. The molecule has 0 spiro atoms. The van der Waals surface area contributed by atoms with E-state index in [4.69, 9.17) is 37.0 Å². The van der Waals surface area contributed by atoms with Crippen LogP contribution in [-0.2, 0) is 65.4 Å². The molecule has 19 heteroatoms. The summed E-state index contributed by atoms with van der Waals surface area (Å²) < 4.78 is 68.2. The molecule has 0 rings (SSSR count). The van der Waals surface area contributed by atoms with Crippen molar-refractivity contribution in [1.82, 2.24) is 0 Å². The summed E-state index contributed by atoms with van der Waals surface area (Å²) in [5.74, 6) is 0.797. The van der Waals surface area contributed by atoms with Gasteiger partial charge in [-0.05, 0) is 49.4 Å². The summed E-state index contributed by atoms with van der Waals surface area (Å²) in [5.41, 5.74) is 0. The molecule has 0 aliphatic carbocycles. The fourth-order valence-corrected chi connectivity index (χ4v) is 11.7. The summed E-state index contributed by atoms with van der Waals surface area (Å²) in [6.07, 6.45) is 39.0. The second-order valence-electron chi connectivity index (χ2n) is 26.5. The molecule has 17 nitrogen and oxygen atoms in total. The van der Waals surface area contributed by atoms with E-state index in [1.54, 1.807) is 0 Å². The molecule has 5 atom stereocenters. The number of hydrogen-bond acceptors (Lipinski definition) is 15. The Hall–Kier alpha value is -1.94. The Kier molecular flexibility index (Phi) is 56.6. The van der Waals surface area contributed by atoms with Crippen LogP contribution >= 0.6 is 15.6 Å². The highest BCUT2D eigenvalue weighted by atomic mass is 31.2. The third-order valence-corrected chi connectivity index (χ3v) is 17.5. The van der Waals surface area contributed by atoms with Gasteiger partial charge < -0.3 is 33.8 Å². The van der Waals surface area contributed by atoms with Gasteiger partial charge in [-0.1, -0.05) is 280 Å². The summed E-state index contributed by atoms with van der Waals surface area (Å²) in [6, 6.07) is 0. The van der Waals surface area contributed by atoms with E-state index in [1.165, 1.54) is 135 Å². The Bertz CT molecular complexity index is 1730. The van der Waals surface area contributed by atoms with Crippen molar-refractivity contribution in [2.45, 2.75) is 350 Å². The molecular formula is C68H132O17P2. The van der Waals surface area contributed by atoms with Crippen molar-refractivity contribution >= 4 is 39.5 Å². The van der Waals surface area contributed by atoms with Crippen LogP contribution in [0.4, 0.5) is 0 Å². The molecular weight excluding hydrogens is 1150 g/mol. The highest BCUT2D eigenvalue weighted by Gasteiger charge is 2.30. The van der Waals surface area contributed by atoms with Crippen molar-refractivity contribution in [3.05, 3.63) is 0 Å². The van der Waals surface area contributed by atoms with Crippen LogP contribution in [0.2, 0.25) is 0 Å². The van der Waals surface area contributed by atoms with Gasteiger partial charge in [-0.3, -0.25) is 37.3 Å². The van der Waals surface area contributed by atoms with Crippen molar-refractivity contribution in [2.24, 2.45) is 23.7 Å². The summed E-state index contributed by atoms with van der Waals surface area (Å²) in [6.45, 7) is 14.0. The first-order valence-corrected chi connectivity index (χ1v) is 38.2. The molecule has 516 valence electrons. The minimum atomic E-state index is -4.95. The van der Waals surface area contributed by atoms with Crippen LogP contribution in [0.5, 0.6) is 0 Å². The van der Waals surface area contributed by atoms with Crippen LogP contribution in [0.25, 0.3) is 0 Å². The van der Waals surface area contributed by atoms with Crippen molar-refractivity contribution in [3.63, 3.8) is 0 Å². The van der Waals surface area contributed by atoms with E-state index in [-0.39, 0.29) is 25.7 Å². The number of aliphatic hydroxyl groups is 1. The lowest BCUT2D eigenvalue weighted by molar-refractivity contribution is -0.161. The van der Waals surface area contributed by atoms with Crippen molar-refractivity contribution in [3.8, 4) is 0 Å². The number of phosphoric ester groups is 2. The number of aliphatic hydroxyl groups excluding tert-OH is 1. The van der Waals surface area contributed by atoms with Gasteiger partial charge >= 0.3 is 39.5 Å². The number of unbranched alkanes of at least 4 members (excludes halogenated alkanes) is 31. The second kappa shape index (κ2) is 57.9. The van der Waals surface area contributed by atoms with E-state index in [9.17, 15) is 43.2 Å². The van der Waals surface area contributed by atoms with Crippen LogP contribution in [0.1, 0.15) is 331 Å². The standard InChI is InChI=1S/C68H132O17P2/c1-58(2)44-36-28-20-13-10-9-11-15-26-34-42-50-67(72)84-63(54-79-66(71)49-41-33-25-18-17-22-30-38-46-60(5)6)56-82-86(74,75)80-52-62(69)53-81-87(76,77)83-57-64(85-68(73)51-43-35-27-19-23-31-39-47-61(7)8)55-78-65(70)48-40-32-24-16-12-14-21-29-37-45-59(3)4/h58-64,69H,9-57H2,1-8H3,(H,74,75)(H,76,77)/t62?,63-,64-/m1/s1. The molecule has 0 aromatic rings. The number of carbonyl (C=O) groups excluding carboxylic acids is 4. The average molecular weight is 1280 g/mol. The Balaban J connectivity index is 5.25. The summed E-state index contributed by atoms with van der Waals surface area (Å²) in [7, 11) is -9.90. The van der Waals surface area contributed by atoms with E-state index < -0.39 is 97.5 Å². The SMILES string of the molecule is CC(C)CCCCCCCCCCCCCC(=O)O[C@H](COC(=O)CCCCCCCCCCC(C)C)COP(=O)(O)OCC(O)COP(=O)(O)OC[C@@H](COC(=O)CCCCCCCCCCCC(C)C)OC(=O)CCCCCCCCCC(C)C. The molecule has 0 aliphatic heterocycles. The maximum atomic E-state index is 13.0. The van der Waals surface area contributed by atoms with Gasteiger partial charge in [0.1, 0.15) is 19.3 Å². The smallest absolute Gasteiger partial charge is 0.462 e. The molecule has 0 aromatic carbocycles. The minimum Gasteiger partial charge on any atom is -0.462 e. The highest BCUT2D eigenvalue weighted by molar-refractivity contribution is 7.47. The topological polar surface area (TPSA) is 237 Å². The molecule has 0 bridgehead atoms. The predicted molar refractivity (Wildman–Crippen MR) is 349 cm³/mol. The van der Waals surface area contributed by atoms with Gasteiger partial charge in [-0.2, -0.15) is 0 Å². The largest absolute Gasteiger partial charge is 0.472 e. The molecule has 0 amide bonds. The number of phosphoric acid groups is 2. The zero-order chi connectivity index (χ0) is 64.7. The highest BCUT2D eigenvalue weighted by Crippen LogP contribution is 2.45. The van der Waals surface area contributed by atoms with E-state index >= 15 is 0 Å². The summed E-state index contributed by atoms with van der Waals surface area (Å²) in [4.78, 5) is 72.4. The first-order valence-electron chi connectivity index (χ1n) is 35.2. The predicted octanol–water partition coefficient (Wildman–Crippen LogP) is 18.9. The molecule has 0 radical (unpaired) electrons. The Morgan fingerprint density at radius 1 is 0.287 bits per heavy atom. The van der Waals surface area contributed by atoms with Gasteiger partial charge in [-0.25, -0.2) is 9.13 Å². The third kappa shape index (κ3) is 62.6. The first kappa shape index (κ1) is 85.1. The fraction of sp³-hybridized carbons (Fsp3) is 0.941. The first-order chi connectivity index (χ1) is 41.6. The van der Waals surface area contributed by atoms with Gasteiger partial charge in [-0.15, -0.1) is 0 Å². The lowest BCUT2D eigenvalue weighted by Crippen LogP contribution is -2.30. The Morgan fingerprint density at radius 3 is 0.713 bits per heavy atom.